The zero-order valence-corrected chi connectivity index (χ0v) is 13.3. The molecule has 2 atom stereocenters. The van der Waals surface area contributed by atoms with Gasteiger partial charge in [0.15, 0.2) is 5.13 Å². The fourth-order valence-electron chi connectivity index (χ4n) is 2.35. The topological polar surface area (TPSA) is 74.5 Å². The second kappa shape index (κ2) is 5.97. The minimum atomic E-state index is -0.102. The molecule has 2 rings (SSSR count). The maximum Gasteiger partial charge on any atom is 0.265 e. The molecule has 1 amide bonds. The number of likely N-dealkylation sites (tertiary alicyclic amines) is 1. The van der Waals surface area contributed by atoms with E-state index in [0.717, 1.165) is 24.5 Å². The molecule has 0 aromatic carbocycles. The summed E-state index contributed by atoms with van der Waals surface area (Å²) < 4.78 is 0. The number of amides is 1. The van der Waals surface area contributed by atoms with Gasteiger partial charge in [0.1, 0.15) is 10.7 Å². The lowest BCUT2D eigenvalue weighted by Gasteiger charge is -2.35. The van der Waals surface area contributed by atoms with E-state index in [1.54, 1.807) is 0 Å². The molecule has 1 fully saturated rings. The Hall–Kier alpha value is -1.34. The predicted molar refractivity (Wildman–Crippen MR) is 83.4 cm³/mol. The minimum absolute atomic E-state index is 0.102. The molecule has 0 spiro atoms. The van der Waals surface area contributed by atoms with Gasteiger partial charge in [0.25, 0.3) is 5.91 Å². The zero-order chi connectivity index (χ0) is 14.9. The lowest BCUT2D eigenvalue weighted by atomic mass is 9.99. The Labute approximate surface area is 124 Å². The fraction of sp³-hybridized carbons (Fsp3) is 0.692. The molecule has 112 valence electrons. The second-order valence-corrected chi connectivity index (χ2v) is 6.61. The van der Waals surface area contributed by atoms with Crippen LogP contribution >= 0.6 is 11.3 Å². The van der Waals surface area contributed by atoms with Crippen molar-refractivity contribution in [3.63, 3.8) is 0 Å². The molecule has 0 bridgehead atoms. The Balaban J connectivity index is 2.01. The van der Waals surface area contributed by atoms with E-state index in [9.17, 15) is 4.79 Å². The van der Waals surface area contributed by atoms with Crippen molar-refractivity contribution in [1.29, 1.82) is 0 Å². The van der Waals surface area contributed by atoms with E-state index in [2.05, 4.69) is 29.2 Å². The Morgan fingerprint density at radius 2 is 2.25 bits per heavy atom. The Kier molecular flexibility index (Phi) is 4.49. The molecular weight excluding hydrogens is 274 g/mol. The molecule has 0 radical (unpaired) electrons. The highest BCUT2D eigenvalue weighted by atomic mass is 32.1. The molecule has 0 aliphatic carbocycles. The summed E-state index contributed by atoms with van der Waals surface area (Å²) in [7, 11) is 5.89. The molecule has 0 saturated carbocycles. The lowest BCUT2D eigenvalue weighted by molar-refractivity contribution is 0.0901. The summed E-state index contributed by atoms with van der Waals surface area (Å²) in [6.45, 7) is 3.19. The van der Waals surface area contributed by atoms with E-state index in [4.69, 9.17) is 5.73 Å². The van der Waals surface area contributed by atoms with E-state index < -0.39 is 0 Å². The summed E-state index contributed by atoms with van der Waals surface area (Å²) in [5.41, 5.74) is 5.84. The third kappa shape index (κ3) is 3.21. The van der Waals surface area contributed by atoms with Gasteiger partial charge in [0.2, 0.25) is 0 Å². The van der Waals surface area contributed by atoms with E-state index in [-0.39, 0.29) is 11.9 Å². The number of aromatic nitrogens is 1. The van der Waals surface area contributed by atoms with Crippen LogP contribution in [0.3, 0.4) is 0 Å². The average molecular weight is 297 g/mol. The molecule has 1 aromatic heterocycles. The molecule has 6 nitrogen and oxygen atoms in total. The highest BCUT2D eigenvalue weighted by molar-refractivity contribution is 7.18. The fourth-order valence-corrected chi connectivity index (χ4v) is 3.16. The zero-order valence-electron chi connectivity index (χ0n) is 12.5. The van der Waals surface area contributed by atoms with E-state index in [0.29, 0.717) is 16.7 Å². The van der Waals surface area contributed by atoms with Gasteiger partial charge in [-0.2, -0.15) is 0 Å². The predicted octanol–water partition coefficient (Wildman–Crippen LogP) is 1.00. The van der Waals surface area contributed by atoms with Gasteiger partial charge >= 0.3 is 0 Å². The average Bonchev–Trinajstić information content (AvgIpc) is 2.76. The number of hydrogen-bond acceptors (Lipinski definition) is 6. The summed E-state index contributed by atoms with van der Waals surface area (Å²) in [6, 6.07) is 0.711. The number of nitrogens with one attached hydrogen (secondary N) is 1. The van der Waals surface area contributed by atoms with Gasteiger partial charge in [-0.3, -0.25) is 4.79 Å². The maximum atomic E-state index is 12.3. The summed E-state index contributed by atoms with van der Waals surface area (Å²) in [5.74, 6) is 0.215. The number of nitrogen functional groups attached to an aromatic ring is 1. The van der Waals surface area contributed by atoms with Crippen molar-refractivity contribution < 1.29 is 4.79 Å². The van der Waals surface area contributed by atoms with Gasteiger partial charge in [-0.1, -0.05) is 11.3 Å². The van der Waals surface area contributed by atoms with E-state index in [1.165, 1.54) is 11.3 Å². The van der Waals surface area contributed by atoms with Crippen LogP contribution in [0.2, 0.25) is 0 Å². The van der Waals surface area contributed by atoms with Gasteiger partial charge in [0, 0.05) is 32.7 Å². The van der Waals surface area contributed by atoms with Crippen molar-refractivity contribution >= 4 is 28.2 Å². The molecule has 1 saturated heterocycles. The number of anilines is 2. The molecule has 20 heavy (non-hydrogen) atoms. The first kappa shape index (κ1) is 15.1. The third-order valence-corrected chi connectivity index (χ3v) is 5.01. The van der Waals surface area contributed by atoms with Gasteiger partial charge in [-0.05, 0) is 26.8 Å². The monoisotopic (exact) mass is 297 g/mol. The smallest absolute Gasteiger partial charge is 0.265 e. The molecular formula is C13H23N5OS. The minimum Gasteiger partial charge on any atom is -0.382 e. The summed E-state index contributed by atoms with van der Waals surface area (Å²) in [6.07, 6.45) is 1.95. The molecule has 7 heteroatoms. The lowest BCUT2D eigenvalue weighted by Crippen LogP contribution is -2.47. The van der Waals surface area contributed by atoms with Crippen LogP contribution in [0, 0.1) is 0 Å². The van der Waals surface area contributed by atoms with Crippen LogP contribution in [0.25, 0.3) is 0 Å². The van der Waals surface area contributed by atoms with Crippen LogP contribution in [0.4, 0.5) is 10.9 Å². The molecule has 1 aliphatic heterocycles. The summed E-state index contributed by atoms with van der Waals surface area (Å²) in [4.78, 5) is 21.2. The maximum absolute atomic E-state index is 12.3. The van der Waals surface area contributed by atoms with Crippen LogP contribution in [-0.4, -0.2) is 55.6 Å². The Morgan fingerprint density at radius 1 is 1.55 bits per heavy atom. The second-order valence-electron chi connectivity index (χ2n) is 5.63. The highest BCUT2D eigenvalue weighted by Gasteiger charge is 2.26. The quantitative estimate of drug-likeness (QED) is 0.871. The van der Waals surface area contributed by atoms with Gasteiger partial charge in [0.05, 0.1) is 0 Å². The first-order valence-electron chi connectivity index (χ1n) is 6.83. The van der Waals surface area contributed by atoms with Crippen molar-refractivity contribution in [3.8, 4) is 0 Å². The Bertz CT molecular complexity index is 487. The Morgan fingerprint density at radius 3 is 2.80 bits per heavy atom. The number of piperidine rings is 1. The number of nitrogens with zero attached hydrogens (tertiary/aromatic N) is 3. The largest absolute Gasteiger partial charge is 0.382 e. The van der Waals surface area contributed by atoms with Crippen molar-refractivity contribution in [1.82, 2.24) is 15.2 Å². The number of carbonyl (C=O) groups excluding carboxylic acids is 1. The highest BCUT2D eigenvalue weighted by Crippen LogP contribution is 2.27. The van der Waals surface area contributed by atoms with Crippen molar-refractivity contribution in [2.45, 2.75) is 31.8 Å². The standard InChI is InChI=1S/C13H23N5OS/c1-8-7-9(5-6-18(8)4)15-12(19)10-11(14)16-13(20-10)17(2)3/h8-9H,5-7,14H2,1-4H3,(H,15,19). The SMILES string of the molecule is CC1CC(NC(=O)c2sc(N(C)C)nc2N)CCN1C. The molecule has 2 unspecified atom stereocenters. The van der Waals surface area contributed by atoms with Crippen LogP contribution in [-0.2, 0) is 0 Å². The number of nitrogens with two attached hydrogens (primary N) is 1. The van der Waals surface area contributed by atoms with Gasteiger partial charge in [-0.15, -0.1) is 0 Å². The first-order chi connectivity index (χ1) is 9.38. The van der Waals surface area contributed by atoms with Crippen LogP contribution < -0.4 is 16.0 Å². The summed E-state index contributed by atoms with van der Waals surface area (Å²) in [5, 5.41) is 3.84. The van der Waals surface area contributed by atoms with Gasteiger partial charge < -0.3 is 20.9 Å². The van der Waals surface area contributed by atoms with Crippen molar-refractivity contribution in [3.05, 3.63) is 4.88 Å². The number of hydrogen-bond donors (Lipinski definition) is 2. The van der Waals surface area contributed by atoms with Crippen LogP contribution in [0.15, 0.2) is 0 Å². The third-order valence-electron chi connectivity index (χ3n) is 3.77. The molecule has 3 N–H and O–H groups in total. The van der Waals surface area contributed by atoms with Crippen LogP contribution in [0.1, 0.15) is 29.4 Å². The van der Waals surface area contributed by atoms with Crippen molar-refractivity contribution in [2.24, 2.45) is 0 Å². The molecule has 1 aromatic rings. The van der Waals surface area contributed by atoms with Gasteiger partial charge in [-0.25, -0.2) is 4.98 Å². The normalized spacial score (nSPS) is 23.6. The number of carbonyl (C=O) groups is 1. The van der Waals surface area contributed by atoms with E-state index >= 15 is 0 Å². The molecule has 1 aliphatic rings. The van der Waals surface area contributed by atoms with Crippen LogP contribution in [0.5, 0.6) is 0 Å². The first-order valence-corrected chi connectivity index (χ1v) is 7.65. The van der Waals surface area contributed by atoms with Crippen molar-refractivity contribution in [2.75, 3.05) is 38.3 Å². The summed E-state index contributed by atoms with van der Waals surface area (Å²) >= 11 is 1.33. The molecule has 2 heterocycles. The number of thiazole rings is 1. The van der Waals surface area contributed by atoms with E-state index in [1.807, 2.05) is 19.0 Å². The number of rotatable bonds is 3.